The first-order valence-corrected chi connectivity index (χ1v) is 13.8. The second kappa shape index (κ2) is 6.88. The Labute approximate surface area is 202 Å². The Bertz CT molecular complexity index is 872. The Kier molecular flexibility index (Phi) is 5.07. The molecule has 0 aromatic rings. The van der Waals surface area contributed by atoms with E-state index in [0.717, 1.165) is 19.3 Å². The number of hydrogen-bond donors (Lipinski definition) is 3. The van der Waals surface area contributed by atoms with E-state index < -0.39 is 12.2 Å². The number of aliphatic hydroxyl groups is 3. The SMILES string of the molecule is CC1(C)CCC2(C)CCC3(C)C(=C2C1)CC(O)C1C2(C)CC(O)C(O)C(C)(C)C2CCC13C. The van der Waals surface area contributed by atoms with Crippen LogP contribution in [0.15, 0.2) is 11.1 Å². The predicted octanol–water partition coefficient (Wildman–Crippen LogP) is 6.25. The van der Waals surface area contributed by atoms with Crippen LogP contribution < -0.4 is 0 Å². The van der Waals surface area contributed by atoms with Crippen molar-refractivity contribution in [3.05, 3.63) is 11.1 Å². The molecule has 0 aliphatic heterocycles. The zero-order valence-corrected chi connectivity index (χ0v) is 22.6. The molecule has 0 amide bonds. The maximum absolute atomic E-state index is 12.0. The molecule has 5 rings (SSSR count). The molecule has 9 atom stereocenters. The molecule has 4 fully saturated rings. The van der Waals surface area contributed by atoms with Crippen molar-refractivity contribution >= 4 is 0 Å². The third kappa shape index (κ3) is 2.97. The standard InChI is InChI=1S/C30H50O3/c1-25(2)11-12-27(5)13-14-29(7)18(19(27)16-25)15-20(31)23-28(6)17-21(32)24(33)26(3,4)22(28)9-10-30(23,29)8/h20-24,31-33H,9-17H2,1-8H3. The Balaban J connectivity index is 1.64. The van der Waals surface area contributed by atoms with Gasteiger partial charge in [-0.25, -0.2) is 0 Å². The molecule has 3 N–H and O–H groups in total. The Morgan fingerprint density at radius 1 is 0.727 bits per heavy atom. The average molecular weight is 459 g/mol. The highest BCUT2D eigenvalue weighted by Crippen LogP contribution is 2.75. The maximum Gasteiger partial charge on any atom is 0.0852 e. The van der Waals surface area contributed by atoms with Crippen LogP contribution >= 0.6 is 0 Å². The molecule has 0 heterocycles. The lowest BCUT2D eigenvalue weighted by molar-refractivity contribution is -0.253. The van der Waals surface area contributed by atoms with Crippen molar-refractivity contribution < 1.29 is 15.3 Å². The van der Waals surface area contributed by atoms with Gasteiger partial charge in [0.2, 0.25) is 0 Å². The van der Waals surface area contributed by atoms with E-state index >= 15 is 0 Å². The Morgan fingerprint density at radius 3 is 2.03 bits per heavy atom. The fourth-order valence-electron chi connectivity index (χ4n) is 10.7. The Morgan fingerprint density at radius 2 is 1.36 bits per heavy atom. The minimum Gasteiger partial charge on any atom is -0.392 e. The van der Waals surface area contributed by atoms with E-state index in [1.54, 1.807) is 11.1 Å². The van der Waals surface area contributed by atoms with Gasteiger partial charge in [-0.15, -0.1) is 0 Å². The second-order valence-electron chi connectivity index (χ2n) is 15.5. The Hall–Kier alpha value is -0.380. The van der Waals surface area contributed by atoms with Gasteiger partial charge < -0.3 is 15.3 Å². The maximum atomic E-state index is 12.0. The van der Waals surface area contributed by atoms with Crippen LogP contribution in [0.3, 0.4) is 0 Å². The number of aliphatic hydroxyl groups excluding tert-OH is 3. The fourth-order valence-corrected chi connectivity index (χ4v) is 10.7. The molecule has 0 bridgehead atoms. The summed E-state index contributed by atoms with van der Waals surface area (Å²) in [6, 6.07) is 0. The lowest BCUT2D eigenvalue weighted by Crippen LogP contribution is -2.69. The second-order valence-corrected chi connectivity index (χ2v) is 15.5. The largest absolute Gasteiger partial charge is 0.392 e. The van der Waals surface area contributed by atoms with E-state index in [9.17, 15) is 15.3 Å². The summed E-state index contributed by atoms with van der Waals surface area (Å²) in [6.07, 6.45) is 8.07. The van der Waals surface area contributed by atoms with E-state index in [4.69, 9.17) is 0 Å². The van der Waals surface area contributed by atoms with Crippen LogP contribution in [0.5, 0.6) is 0 Å². The average Bonchev–Trinajstić information content (AvgIpc) is 2.69. The lowest BCUT2D eigenvalue weighted by Gasteiger charge is -2.72. The quantitative estimate of drug-likeness (QED) is 0.376. The van der Waals surface area contributed by atoms with Gasteiger partial charge in [-0.2, -0.15) is 0 Å². The zero-order chi connectivity index (χ0) is 24.4. The summed E-state index contributed by atoms with van der Waals surface area (Å²) in [4.78, 5) is 0. The molecule has 188 valence electrons. The summed E-state index contributed by atoms with van der Waals surface area (Å²) in [7, 11) is 0. The van der Waals surface area contributed by atoms with Gasteiger partial charge >= 0.3 is 0 Å². The lowest BCUT2D eigenvalue weighted by atomic mass is 9.33. The number of fused-ring (bicyclic) bond motifs is 6. The van der Waals surface area contributed by atoms with Crippen molar-refractivity contribution in [2.75, 3.05) is 0 Å². The van der Waals surface area contributed by atoms with Crippen LogP contribution in [0.4, 0.5) is 0 Å². The van der Waals surface area contributed by atoms with Crippen LogP contribution in [0, 0.1) is 44.3 Å². The van der Waals surface area contributed by atoms with Gasteiger partial charge in [-0.3, -0.25) is 0 Å². The molecule has 4 saturated carbocycles. The fraction of sp³-hybridized carbons (Fsp3) is 0.933. The summed E-state index contributed by atoms with van der Waals surface area (Å²) >= 11 is 0. The highest BCUT2D eigenvalue weighted by Gasteiger charge is 2.70. The number of allylic oxidation sites excluding steroid dienone is 1. The van der Waals surface area contributed by atoms with Gasteiger partial charge in [0.05, 0.1) is 18.3 Å². The normalized spacial score (nSPS) is 55.2. The molecule has 5 aliphatic rings. The van der Waals surface area contributed by atoms with Gasteiger partial charge in [-0.1, -0.05) is 66.5 Å². The van der Waals surface area contributed by atoms with E-state index in [1.165, 1.54) is 32.1 Å². The first-order valence-electron chi connectivity index (χ1n) is 13.8. The molecule has 0 radical (unpaired) electrons. The summed E-state index contributed by atoms with van der Waals surface area (Å²) in [5.74, 6) is 0.469. The van der Waals surface area contributed by atoms with Crippen molar-refractivity contribution in [3.63, 3.8) is 0 Å². The molecule has 33 heavy (non-hydrogen) atoms. The van der Waals surface area contributed by atoms with Gasteiger partial charge in [-0.05, 0) is 102 Å². The van der Waals surface area contributed by atoms with E-state index in [1.807, 2.05) is 0 Å². The van der Waals surface area contributed by atoms with E-state index in [2.05, 4.69) is 55.4 Å². The monoisotopic (exact) mass is 458 g/mol. The summed E-state index contributed by atoms with van der Waals surface area (Å²) in [6.45, 7) is 19.0. The van der Waals surface area contributed by atoms with Crippen LogP contribution in [-0.2, 0) is 0 Å². The number of hydrogen-bond acceptors (Lipinski definition) is 3. The topological polar surface area (TPSA) is 60.7 Å². The highest BCUT2D eigenvalue weighted by atomic mass is 16.3. The molecule has 0 aromatic heterocycles. The molecule has 3 nitrogen and oxygen atoms in total. The minimum absolute atomic E-state index is 0.0132. The minimum atomic E-state index is -0.711. The van der Waals surface area contributed by atoms with Crippen molar-refractivity contribution in [2.24, 2.45) is 44.3 Å². The van der Waals surface area contributed by atoms with Crippen molar-refractivity contribution in [1.82, 2.24) is 0 Å². The zero-order valence-electron chi connectivity index (χ0n) is 22.6. The first-order chi connectivity index (χ1) is 15.0. The molecule has 3 heteroatoms. The van der Waals surface area contributed by atoms with Gasteiger partial charge in [0.25, 0.3) is 0 Å². The highest BCUT2D eigenvalue weighted by molar-refractivity contribution is 5.39. The molecule has 9 unspecified atom stereocenters. The third-order valence-electron chi connectivity index (χ3n) is 12.8. The van der Waals surface area contributed by atoms with Crippen LogP contribution in [0.25, 0.3) is 0 Å². The van der Waals surface area contributed by atoms with Crippen LogP contribution in [0.2, 0.25) is 0 Å². The number of rotatable bonds is 0. The molecule has 0 spiro atoms. The smallest absolute Gasteiger partial charge is 0.0852 e. The molecular weight excluding hydrogens is 408 g/mol. The van der Waals surface area contributed by atoms with Crippen molar-refractivity contribution in [1.29, 1.82) is 0 Å². The molecule has 0 saturated heterocycles. The van der Waals surface area contributed by atoms with Crippen molar-refractivity contribution in [3.8, 4) is 0 Å². The molecular formula is C30H50O3. The van der Waals surface area contributed by atoms with Crippen molar-refractivity contribution in [2.45, 2.75) is 131 Å². The summed E-state index contributed by atoms with van der Waals surface area (Å²) in [5, 5.41) is 33.9. The van der Waals surface area contributed by atoms with Gasteiger partial charge in [0.15, 0.2) is 0 Å². The van der Waals surface area contributed by atoms with Crippen LogP contribution in [0.1, 0.15) is 113 Å². The predicted molar refractivity (Wildman–Crippen MR) is 134 cm³/mol. The van der Waals surface area contributed by atoms with Gasteiger partial charge in [0.1, 0.15) is 0 Å². The van der Waals surface area contributed by atoms with E-state index in [-0.39, 0.29) is 33.7 Å². The van der Waals surface area contributed by atoms with Crippen LogP contribution in [-0.4, -0.2) is 33.6 Å². The van der Waals surface area contributed by atoms with E-state index in [0.29, 0.717) is 23.2 Å². The van der Waals surface area contributed by atoms with Gasteiger partial charge in [0, 0.05) is 0 Å². The molecule has 0 aromatic carbocycles. The first kappa shape index (κ1) is 24.3. The summed E-state index contributed by atoms with van der Waals surface area (Å²) in [5.41, 5.74) is 3.57. The molecule has 5 aliphatic carbocycles. The summed E-state index contributed by atoms with van der Waals surface area (Å²) < 4.78 is 0. The third-order valence-corrected chi connectivity index (χ3v) is 12.8.